The van der Waals surface area contributed by atoms with Crippen molar-refractivity contribution in [3.8, 4) is 0 Å². The quantitative estimate of drug-likeness (QED) is 0.589. The first-order valence-corrected chi connectivity index (χ1v) is 4.98. The van der Waals surface area contributed by atoms with Gasteiger partial charge in [0.25, 0.3) is 0 Å². The van der Waals surface area contributed by atoms with Crippen LogP contribution in [0.25, 0.3) is 0 Å². The summed E-state index contributed by atoms with van der Waals surface area (Å²) in [6.07, 6.45) is 4.99. The number of carbonyl (C=O) groups is 1. The molecule has 2 heteroatoms. The average Bonchev–Trinajstić information content (AvgIpc) is 2.64. The zero-order chi connectivity index (χ0) is 8.55. The summed E-state index contributed by atoms with van der Waals surface area (Å²) >= 11 is 0. The van der Waals surface area contributed by atoms with Gasteiger partial charge in [-0.15, -0.1) is 0 Å². The fraction of sp³-hybridized carbons (Fsp3) is 0.900. The average molecular weight is 168 g/mol. The lowest BCUT2D eigenvalue weighted by atomic mass is 9.89. The summed E-state index contributed by atoms with van der Waals surface area (Å²) in [5.41, 5.74) is 0. The topological polar surface area (TPSA) is 26.3 Å². The maximum atomic E-state index is 11.4. The molecule has 0 amide bonds. The molecule has 0 aromatic heterocycles. The Bertz CT molecular complexity index is 188. The molecule has 0 aromatic carbocycles. The van der Waals surface area contributed by atoms with Gasteiger partial charge in [-0.25, -0.2) is 0 Å². The van der Waals surface area contributed by atoms with Crippen molar-refractivity contribution in [1.29, 1.82) is 0 Å². The SMILES string of the molecule is CCOC(=O)C1CC2CCC1C2. The molecule has 3 unspecified atom stereocenters. The normalized spacial score (nSPS) is 38.6. The third-order valence-electron chi connectivity index (χ3n) is 3.33. The first-order chi connectivity index (χ1) is 5.81. The standard InChI is InChI=1S/C10H16O2/c1-2-12-10(11)9-6-7-3-4-8(9)5-7/h7-9H,2-6H2,1H3. The molecular formula is C10H16O2. The smallest absolute Gasteiger partial charge is 0.309 e. The molecule has 0 aliphatic heterocycles. The number of rotatable bonds is 2. The molecule has 2 bridgehead atoms. The fourth-order valence-electron chi connectivity index (χ4n) is 2.78. The Balaban J connectivity index is 1.93. The second kappa shape index (κ2) is 3.08. The molecule has 0 spiro atoms. The highest BCUT2D eigenvalue weighted by molar-refractivity contribution is 5.73. The van der Waals surface area contributed by atoms with E-state index in [1.165, 1.54) is 19.3 Å². The van der Waals surface area contributed by atoms with Crippen LogP contribution in [0.4, 0.5) is 0 Å². The van der Waals surface area contributed by atoms with Crippen LogP contribution in [-0.4, -0.2) is 12.6 Å². The van der Waals surface area contributed by atoms with Gasteiger partial charge in [-0.05, 0) is 38.0 Å². The van der Waals surface area contributed by atoms with Crippen LogP contribution in [0.1, 0.15) is 32.6 Å². The summed E-state index contributed by atoms with van der Waals surface area (Å²) in [7, 11) is 0. The number of carbonyl (C=O) groups excluding carboxylic acids is 1. The summed E-state index contributed by atoms with van der Waals surface area (Å²) < 4.78 is 5.04. The van der Waals surface area contributed by atoms with E-state index < -0.39 is 0 Å². The van der Waals surface area contributed by atoms with Crippen LogP contribution in [0.3, 0.4) is 0 Å². The molecule has 2 rings (SSSR count). The molecule has 2 aliphatic carbocycles. The zero-order valence-electron chi connectivity index (χ0n) is 7.58. The Hall–Kier alpha value is -0.530. The van der Waals surface area contributed by atoms with Crippen molar-refractivity contribution in [2.45, 2.75) is 32.6 Å². The Kier molecular flexibility index (Phi) is 2.07. The van der Waals surface area contributed by atoms with E-state index in [2.05, 4.69) is 0 Å². The summed E-state index contributed by atoms with van der Waals surface area (Å²) in [4.78, 5) is 11.4. The van der Waals surface area contributed by atoms with E-state index in [-0.39, 0.29) is 11.9 Å². The summed E-state index contributed by atoms with van der Waals surface area (Å²) in [5.74, 6) is 1.81. The largest absolute Gasteiger partial charge is 0.466 e. The third kappa shape index (κ3) is 1.23. The monoisotopic (exact) mass is 168 g/mol. The van der Waals surface area contributed by atoms with Crippen LogP contribution < -0.4 is 0 Å². The highest BCUT2D eigenvalue weighted by Gasteiger charge is 2.43. The first-order valence-electron chi connectivity index (χ1n) is 4.98. The Morgan fingerprint density at radius 3 is 2.75 bits per heavy atom. The van der Waals surface area contributed by atoms with E-state index in [1.807, 2.05) is 6.92 Å². The van der Waals surface area contributed by atoms with E-state index in [9.17, 15) is 4.79 Å². The van der Waals surface area contributed by atoms with Crippen molar-refractivity contribution in [3.05, 3.63) is 0 Å². The van der Waals surface area contributed by atoms with E-state index in [4.69, 9.17) is 4.74 Å². The van der Waals surface area contributed by atoms with E-state index in [0.717, 1.165) is 12.3 Å². The highest BCUT2D eigenvalue weighted by atomic mass is 16.5. The predicted molar refractivity (Wildman–Crippen MR) is 45.6 cm³/mol. The molecule has 2 saturated carbocycles. The van der Waals surface area contributed by atoms with Gasteiger partial charge in [0.2, 0.25) is 0 Å². The molecule has 2 aliphatic rings. The van der Waals surface area contributed by atoms with Gasteiger partial charge in [0.15, 0.2) is 0 Å². The maximum Gasteiger partial charge on any atom is 0.309 e. The van der Waals surface area contributed by atoms with Gasteiger partial charge in [-0.3, -0.25) is 4.79 Å². The second-order valence-electron chi connectivity index (χ2n) is 4.03. The van der Waals surface area contributed by atoms with E-state index >= 15 is 0 Å². The minimum absolute atomic E-state index is 0.0599. The lowest BCUT2D eigenvalue weighted by molar-refractivity contribution is -0.149. The molecule has 2 nitrogen and oxygen atoms in total. The number of hydrogen-bond donors (Lipinski definition) is 0. The van der Waals surface area contributed by atoms with Crippen LogP contribution in [-0.2, 0) is 9.53 Å². The van der Waals surface area contributed by atoms with Crippen molar-refractivity contribution < 1.29 is 9.53 Å². The molecule has 12 heavy (non-hydrogen) atoms. The van der Waals surface area contributed by atoms with Gasteiger partial charge >= 0.3 is 5.97 Å². The van der Waals surface area contributed by atoms with Crippen molar-refractivity contribution >= 4 is 5.97 Å². The summed E-state index contributed by atoms with van der Waals surface area (Å²) in [5, 5.41) is 0. The van der Waals surface area contributed by atoms with Gasteiger partial charge in [0.1, 0.15) is 0 Å². The Labute approximate surface area is 73.3 Å². The summed E-state index contributed by atoms with van der Waals surface area (Å²) in [6.45, 7) is 2.41. The van der Waals surface area contributed by atoms with Gasteiger partial charge in [-0.1, -0.05) is 6.42 Å². The molecule has 0 aromatic rings. The molecule has 2 fully saturated rings. The van der Waals surface area contributed by atoms with Crippen molar-refractivity contribution in [2.75, 3.05) is 6.61 Å². The first kappa shape index (κ1) is 8.09. The van der Waals surface area contributed by atoms with E-state index in [0.29, 0.717) is 12.5 Å². The van der Waals surface area contributed by atoms with Gasteiger partial charge in [-0.2, -0.15) is 0 Å². The second-order valence-corrected chi connectivity index (χ2v) is 4.03. The fourth-order valence-corrected chi connectivity index (χ4v) is 2.78. The minimum atomic E-state index is 0.0599. The van der Waals surface area contributed by atoms with Gasteiger partial charge in [0.05, 0.1) is 12.5 Å². The molecule has 68 valence electrons. The zero-order valence-corrected chi connectivity index (χ0v) is 7.58. The lowest BCUT2D eigenvalue weighted by Gasteiger charge is -2.19. The van der Waals surface area contributed by atoms with Crippen molar-refractivity contribution in [1.82, 2.24) is 0 Å². The van der Waals surface area contributed by atoms with E-state index in [1.54, 1.807) is 0 Å². The lowest BCUT2D eigenvalue weighted by Crippen LogP contribution is -2.23. The van der Waals surface area contributed by atoms with Crippen LogP contribution in [0.15, 0.2) is 0 Å². The van der Waals surface area contributed by atoms with Crippen molar-refractivity contribution in [2.24, 2.45) is 17.8 Å². The number of esters is 1. The molecule has 3 atom stereocenters. The van der Waals surface area contributed by atoms with Crippen LogP contribution in [0.5, 0.6) is 0 Å². The minimum Gasteiger partial charge on any atom is -0.466 e. The molecule has 0 saturated heterocycles. The van der Waals surface area contributed by atoms with Gasteiger partial charge in [0, 0.05) is 0 Å². The Morgan fingerprint density at radius 1 is 1.42 bits per heavy atom. The number of fused-ring (bicyclic) bond motifs is 2. The summed E-state index contributed by atoms with van der Waals surface area (Å²) in [6, 6.07) is 0. The van der Waals surface area contributed by atoms with Crippen molar-refractivity contribution in [3.63, 3.8) is 0 Å². The van der Waals surface area contributed by atoms with Gasteiger partial charge < -0.3 is 4.74 Å². The molecule has 0 radical (unpaired) electrons. The molecular weight excluding hydrogens is 152 g/mol. The third-order valence-corrected chi connectivity index (χ3v) is 3.33. The predicted octanol–water partition coefficient (Wildman–Crippen LogP) is 1.99. The van der Waals surface area contributed by atoms with Crippen LogP contribution in [0.2, 0.25) is 0 Å². The number of ether oxygens (including phenoxy) is 1. The van der Waals surface area contributed by atoms with Crippen LogP contribution >= 0.6 is 0 Å². The Morgan fingerprint density at radius 2 is 2.25 bits per heavy atom. The molecule has 0 heterocycles. The highest BCUT2D eigenvalue weighted by Crippen LogP contribution is 2.48. The number of hydrogen-bond acceptors (Lipinski definition) is 2. The van der Waals surface area contributed by atoms with Crippen LogP contribution in [0, 0.1) is 17.8 Å². The molecule has 0 N–H and O–H groups in total. The maximum absolute atomic E-state index is 11.4.